The van der Waals surface area contributed by atoms with E-state index in [1.807, 2.05) is 19.2 Å². The maximum Gasteiger partial charge on any atom is 0.269 e. The van der Waals surface area contributed by atoms with Crippen molar-refractivity contribution in [2.75, 3.05) is 13.1 Å². The average molecular weight is 326 g/mol. The van der Waals surface area contributed by atoms with E-state index in [4.69, 9.17) is 0 Å². The van der Waals surface area contributed by atoms with Gasteiger partial charge in [0, 0.05) is 32.7 Å². The molecule has 1 fully saturated rings. The number of nitrogens with one attached hydrogen (secondary N) is 1. The van der Waals surface area contributed by atoms with Gasteiger partial charge < -0.3 is 5.32 Å². The van der Waals surface area contributed by atoms with E-state index in [2.05, 4.69) is 53.4 Å². The van der Waals surface area contributed by atoms with Gasteiger partial charge in [-0.15, -0.1) is 0 Å². The number of benzene rings is 1. The van der Waals surface area contributed by atoms with Crippen LogP contribution in [-0.2, 0) is 13.6 Å². The van der Waals surface area contributed by atoms with Gasteiger partial charge in [0.15, 0.2) is 0 Å². The van der Waals surface area contributed by atoms with Gasteiger partial charge in [0.25, 0.3) is 5.91 Å². The highest BCUT2D eigenvalue weighted by Crippen LogP contribution is 2.16. The summed E-state index contributed by atoms with van der Waals surface area (Å²) in [5.74, 6) is 0.300. The first-order valence-corrected chi connectivity index (χ1v) is 8.64. The van der Waals surface area contributed by atoms with Gasteiger partial charge in [0.05, 0.1) is 5.69 Å². The van der Waals surface area contributed by atoms with Crippen LogP contribution in [0.2, 0.25) is 0 Å². The first-order chi connectivity index (χ1) is 11.5. The lowest BCUT2D eigenvalue weighted by Crippen LogP contribution is -2.37. The minimum Gasteiger partial charge on any atom is -0.347 e. The number of hydrogen-bond donors (Lipinski definition) is 1. The minimum absolute atomic E-state index is 0.0246. The summed E-state index contributed by atoms with van der Waals surface area (Å²) in [6.45, 7) is 7.03. The molecule has 5 heteroatoms. The first-order valence-electron chi connectivity index (χ1n) is 8.64. The molecule has 1 N–H and O–H groups in total. The van der Waals surface area contributed by atoms with E-state index in [-0.39, 0.29) is 11.9 Å². The van der Waals surface area contributed by atoms with E-state index in [0.29, 0.717) is 11.6 Å². The Labute approximate surface area is 143 Å². The Hall–Kier alpha value is -2.14. The molecule has 24 heavy (non-hydrogen) atoms. The number of aromatic nitrogens is 2. The maximum absolute atomic E-state index is 12.5. The molecule has 0 bridgehead atoms. The zero-order valence-corrected chi connectivity index (χ0v) is 14.7. The molecule has 2 aromatic rings. The molecule has 1 aliphatic rings. The van der Waals surface area contributed by atoms with Crippen molar-refractivity contribution in [3.63, 3.8) is 0 Å². The van der Waals surface area contributed by atoms with Crippen LogP contribution in [0.5, 0.6) is 0 Å². The molecule has 1 aromatic carbocycles. The summed E-state index contributed by atoms with van der Waals surface area (Å²) in [6.07, 6.45) is 0.994. The van der Waals surface area contributed by atoms with Crippen molar-refractivity contribution in [2.24, 2.45) is 7.05 Å². The Bertz CT molecular complexity index is 693. The maximum atomic E-state index is 12.5. The Balaban J connectivity index is 1.56. The summed E-state index contributed by atoms with van der Waals surface area (Å²) in [7, 11) is 1.83. The number of nitrogens with zero attached hydrogens (tertiary/aromatic N) is 3. The smallest absolute Gasteiger partial charge is 0.269 e. The van der Waals surface area contributed by atoms with Crippen LogP contribution in [0.25, 0.3) is 0 Å². The van der Waals surface area contributed by atoms with Crippen LogP contribution >= 0.6 is 0 Å². The molecule has 0 aliphatic carbocycles. The lowest BCUT2D eigenvalue weighted by atomic mass is 10.1. The SMILES string of the molecule is CC(C)c1cc(C(=O)N[C@@H]2CCN(Cc3ccccc3)C2)n(C)n1. The number of aryl methyl sites for hydroxylation is 1. The van der Waals surface area contributed by atoms with Gasteiger partial charge in [0.1, 0.15) is 5.69 Å². The molecule has 0 radical (unpaired) electrons. The second-order valence-electron chi connectivity index (χ2n) is 6.91. The molecule has 0 spiro atoms. The average Bonchev–Trinajstić information content (AvgIpc) is 3.15. The summed E-state index contributed by atoms with van der Waals surface area (Å²) in [5.41, 5.74) is 2.91. The largest absolute Gasteiger partial charge is 0.347 e. The van der Waals surface area contributed by atoms with Gasteiger partial charge in [0.2, 0.25) is 0 Å². The van der Waals surface area contributed by atoms with Gasteiger partial charge in [-0.1, -0.05) is 44.2 Å². The summed E-state index contributed by atoms with van der Waals surface area (Å²) < 4.78 is 1.68. The summed E-state index contributed by atoms with van der Waals surface area (Å²) in [5, 5.41) is 7.58. The predicted octanol–water partition coefficient (Wildman–Crippen LogP) is 2.55. The quantitative estimate of drug-likeness (QED) is 0.919. The van der Waals surface area contributed by atoms with Crippen LogP contribution < -0.4 is 5.32 Å². The molecule has 0 unspecified atom stereocenters. The number of amides is 1. The van der Waals surface area contributed by atoms with Crippen molar-refractivity contribution >= 4 is 5.91 Å². The van der Waals surface area contributed by atoms with E-state index in [0.717, 1.165) is 31.7 Å². The second-order valence-corrected chi connectivity index (χ2v) is 6.91. The van der Waals surface area contributed by atoms with Gasteiger partial charge in [-0.3, -0.25) is 14.4 Å². The number of carbonyl (C=O) groups is 1. The molecular weight excluding hydrogens is 300 g/mol. The molecule has 1 aliphatic heterocycles. The van der Waals surface area contributed by atoms with Crippen molar-refractivity contribution in [1.82, 2.24) is 20.0 Å². The Kier molecular flexibility index (Phi) is 5.00. The van der Waals surface area contributed by atoms with Crippen molar-refractivity contribution in [3.05, 3.63) is 53.3 Å². The zero-order valence-electron chi connectivity index (χ0n) is 14.7. The topological polar surface area (TPSA) is 50.2 Å². The van der Waals surface area contributed by atoms with E-state index < -0.39 is 0 Å². The van der Waals surface area contributed by atoms with Gasteiger partial charge >= 0.3 is 0 Å². The van der Waals surface area contributed by atoms with E-state index in [9.17, 15) is 4.79 Å². The lowest BCUT2D eigenvalue weighted by molar-refractivity contribution is 0.0928. The standard InChI is InChI=1S/C19H26N4O/c1-14(2)17-11-18(22(3)21-17)19(24)20-16-9-10-23(13-16)12-15-7-5-4-6-8-15/h4-8,11,14,16H,9-10,12-13H2,1-3H3,(H,20,24)/t16-/m1/s1. The molecule has 1 atom stereocenters. The third-order valence-corrected chi connectivity index (χ3v) is 4.58. The number of likely N-dealkylation sites (tertiary alicyclic amines) is 1. The molecule has 1 saturated heterocycles. The highest BCUT2D eigenvalue weighted by molar-refractivity contribution is 5.92. The monoisotopic (exact) mass is 326 g/mol. The fourth-order valence-electron chi connectivity index (χ4n) is 3.18. The third-order valence-electron chi connectivity index (χ3n) is 4.58. The molecule has 1 amide bonds. The third kappa shape index (κ3) is 3.85. The molecule has 0 saturated carbocycles. The van der Waals surface area contributed by atoms with Crippen molar-refractivity contribution < 1.29 is 4.79 Å². The predicted molar refractivity (Wildman–Crippen MR) is 94.9 cm³/mol. The van der Waals surface area contributed by atoms with Crippen LogP contribution in [0.3, 0.4) is 0 Å². The van der Waals surface area contributed by atoms with E-state index in [1.165, 1.54) is 5.56 Å². The van der Waals surface area contributed by atoms with Gasteiger partial charge in [-0.05, 0) is 24.0 Å². The molecule has 3 rings (SSSR count). The molecule has 2 heterocycles. The normalized spacial score (nSPS) is 18.2. The zero-order chi connectivity index (χ0) is 17.1. The molecular formula is C19H26N4O. The van der Waals surface area contributed by atoms with Crippen molar-refractivity contribution in [1.29, 1.82) is 0 Å². The summed E-state index contributed by atoms with van der Waals surface area (Å²) >= 11 is 0. The van der Waals surface area contributed by atoms with Crippen LogP contribution in [0, 0.1) is 0 Å². The summed E-state index contributed by atoms with van der Waals surface area (Å²) in [4.78, 5) is 14.9. The number of hydrogen-bond acceptors (Lipinski definition) is 3. The molecule has 1 aromatic heterocycles. The lowest BCUT2D eigenvalue weighted by Gasteiger charge is -2.16. The van der Waals surface area contributed by atoms with Crippen molar-refractivity contribution in [3.8, 4) is 0 Å². The fraction of sp³-hybridized carbons (Fsp3) is 0.474. The van der Waals surface area contributed by atoms with Crippen LogP contribution in [0.15, 0.2) is 36.4 Å². The van der Waals surface area contributed by atoms with Gasteiger partial charge in [-0.2, -0.15) is 5.10 Å². The van der Waals surface area contributed by atoms with E-state index in [1.54, 1.807) is 4.68 Å². The van der Waals surface area contributed by atoms with Gasteiger partial charge in [-0.25, -0.2) is 0 Å². The highest BCUT2D eigenvalue weighted by Gasteiger charge is 2.25. The van der Waals surface area contributed by atoms with Crippen LogP contribution in [-0.4, -0.2) is 39.7 Å². The number of rotatable bonds is 5. The summed E-state index contributed by atoms with van der Waals surface area (Å²) in [6, 6.07) is 12.6. The fourth-order valence-corrected chi connectivity index (χ4v) is 3.18. The Morgan fingerprint density at radius 2 is 2.08 bits per heavy atom. The minimum atomic E-state index is -0.0246. The van der Waals surface area contributed by atoms with Crippen LogP contribution in [0.4, 0.5) is 0 Å². The number of carbonyl (C=O) groups excluding carboxylic acids is 1. The van der Waals surface area contributed by atoms with Crippen molar-refractivity contribution in [2.45, 2.75) is 38.8 Å². The highest BCUT2D eigenvalue weighted by atomic mass is 16.2. The molecule has 128 valence electrons. The Morgan fingerprint density at radius 3 is 2.75 bits per heavy atom. The second kappa shape index (κ2) is 7.18. The molecule has 5 nitrogen and oxygen atoms in total. The first kappa shape index (κ1) is 16.7. The van der Waals surface area contributed by atoms with E-state index >= 15 is 0 Å². The Morgan fingerprint density at radius 1 is 1.33 bits per heavy atom. The van der Waals surface area contributed by atoms with Crippen LogP contribution in [0.1, 0.15) is 47.9 Å².